The molecule has 152 valence electrons. The lowest BCUT2D eigenvalue weighted by molar-refractivity contribution is -0.115. The van der Waals surface area contributed by atoms with Crippen LogP contribution in [0.15, 0.2) is 58.6 Å². The highest BCUT2D eigenvalue weighted by Gasteiger charge is 2.20. The Kier molecular flexibility index (Phi) is 6.27. The SMILES string of the molecule is C[C@H](Sc1nnc(-c2ccc(Cl)cc2)n1C)C(=O)Nc1ccc(S(N)(=O)=O)cc1. The van der Waals surface area contributed by atoms with E-state index in [0.717, 1.165) is 5.56 Å². The molecule has 0 aliphatic carbocycles. The monoisotopic (exact) mass is 451 g/mol. The van der Waals surface area contributed by atoms with Crippen LogP contribution in [0.1, 0.15) is 6.92 Å². The molecular weight excluding hydrogens is 434 g/mol. The topological polar surface area (TPSA) is 120 Å². The van der Waals surface area contributed by atoms with E-state index in [-0.39, 0.29) is 10.8 Å². The van der Waals surface area contributed by atoms with E-state index >= 15 is 0 Å². The summed E-state index contributed by atoms with van der Waals surface area (Å²) >= 11 is 7.18. The van der Waals surface area contributed by atoms with Crippen LogP contribution in [0.25, 0.3) is 11.4 Å². The number of nitrogens with one attached hydrogen (secondary N) is 1. The van der Waals surface area contributed by atoms with Crippen LogP contribution >= 0.6 is 23.4 Å². The summed E-state index contributed by atoms with van der Waals surface area (Å²) in [6.45, 7) is 1.75. The third-order valence-corrected chi connectivity index (χ3v) is 6.35. The van der Waals surface area contributed by atoms with Crippen LogP contribution in [0.5, 0.6) is 0 Å². The second-order valence-electron chi connectivity index (χ2n) is 6.19. The fraction of sp³-hybridized carbons (Fsp3) is 0.167. The molecule has 0 unspecified atom stereocenters. The summed E-state index contributed by atoms with van der Waals surface area (Å²) in [6, 6.07) is 12.9. The third-order valence-electron chi connectivity index (χ3n) is 4.04. The molecule has 1 heterocycles. The number of nitrogens with zero attached hydrogens (tertiary/aromatic N) is 3. The quantitative estimate of drug-likeness (QED) is 0.556. The van der Waals surface area contributed by atoms with Crippen molar-refractivity contribution < 1.29 is 13.2 Å². The van der Waals surface area contributed by atoms with Crippen LogP contribution in [0.3, 0.4) is 0 Å². The molecule has 0 spiro atoms. The van der Waals surface area contributed by atoms with Gasteiger partial charge >= 0.3 is 0 Å². The first-order chi connectivity index (χ1) is 13.6. The summed E-state index contributed by atoms with van der Waals surface area (Å²) in [7, 11) is -1.95. The van der Waals surface area contributed by atoms with Crippen molar-refractivity contribution in [3.63, 3.8) is 0 Å². The zero-order valence-corrected chi connectivity index (χ0v) is 17.9. The highest BCUT2D eigenvalue weighted by atomic mass is 35.5. The summed E-state index contributed by atoms with van der Waals surface area (Å²) in [5, 5.41) is 16.9. The van der Waals surface area contributed by atoms with Gasteiger partial charge in [-0.3, -0.25) is 4.79 Å². The number of benzene rings is 2. The summed E-state index contributed by atoms with van der Waals surface area (Å²) < 4.78 is 24.4. The van der Waals surface area contributed by atoms with Gasteiger partial charge < -0.3 is 9.88 Å². The lowest BCUT2D eigenvalue weighted by Gasteiger charge is -2.12. The number of nitrogens with two attached hydrogens (primary N) is 1. The van der Waals surface area contributed by atoms with E-state index in [0.29, 0.717) is 21.7 Å². The van der Waals surface area contributed by atoms with Crippen LogP contribution in [0, 0.1) is 0 Å². The Balaban J connectivity index is 1.68. The van der Waals surface area contributed by atoms with Gasteiger partial charge in [0.15, 0.2) is 11.0 Å². The molecule has 3 N–H and O–H groups in total. The number of anilines is 1. The predicted molar refractivity (Wildman–Crippen MR) is 113 cm³/mol. The number of hydrogen-bond donors (Lipinski definition) is 2. The maximum Gasteiger partial charge on any atom is 0.238 e. The molecule has 0 radical (unpaired) electrons. The Bertz CT molecular complexity index is 1130. The molecule has 0 aliphatic heterocycles. The van der Waals surface area contributed by atoms with Gasteiger partial charge in [-0.15, -0.1) is 10.2 Å². The molecule has 11 heteroatoms. The van der Waals surface area contributed by atoms with Gasteiger partial charge in [0.1, 0.15) is 0 Å². The molecule has 3 rings (SSSR count). The van der Waals surface area contributed by atoms with Crippen LogP contribution < -0.4 is 10.5 Å². The van der Waals surface area contributed by atoms with Gasteiger partial charge in [0.05, 0.1) is 10.1 Å². The molecule has 1 amide bonds. The summed E-state index contributed by atoms with van der Waals surface area (Å²) in [5.74, 6) is 0.407. The lowest BCUT2D eigenvalue weighted by Crippen LogP contribution is -2.23. The van der Waals surface area contributed by atoms with E-state index in [4.69, 9.17) is 16.7 Å². The summed E-state index contributed by atoms with van der Waals surface area (Å²) in [4.78, 5) is 12.5. The van der Waals surface area contributed by atoms with Gasteiger partial charge in [-0.1, -0.05) is 23.4 Å². The standard InChI is InChI=1S/C18H18ClN5O3S2/c1-11(17(25)21-14-7-9-15(10-8-14)29(20,26)27)28-18-23-22-16(24(18)2)12-3-5-13(19)6-4-12/h3-11H,1-2H3,(H,21,25)(H2,20,26,27)/t11-/m0/s1. The van der Waals surface area contributed by atoms with E-state index in [2.05, 4.69) is 15.5 Å². The number of thioether (sulfide) groups is 1. The first-order valence-corrected chi connectivity index (χ1v) is 11.2. The van der Waals surface area contributed by atoms with Gasteiger partial charge in [0.2, 0.25) is 15.9 Å². The van der Waals surface area contributed by atoms with E-state index in [9.17, 15) is 13.2 Å². The minimum absolute atomic E-state index is 0.0215. The Morgan fingerprint density at radius 3 is 2.34 bits per heavy atom. The van der Waals surface area contributed by atoms with Gasteiger partial charge in [-0.25, -0.2) is 13.6 Å². The molecule has 1 aromatic heterocycles. The minimum Gasteiger partial charge on any atom is -0.325 e. The van der Waals surface area contributed by atoms with E-state index in [1.54, 1.807) is 23.6 Å². The number of sulfonamides is 1. The van der Waals surface area contributed by atoms with Crippen LogP contribution in [-0.2, 0) is 21.9 Å². The number of amides is 1. The molecule has 0 bridgehead atoms. The van der Waals surface area contributed by atoms with Crippen LogP contribution in [0.4, 0.5) is 5.69 Å². The number of primary sulfonamides is 1. The fourth-order valence-corrected chi connectivity index (χ4v) is 3.91. The fourth-order valence-electron chi connectivity index (χ4n) is 2.45. The van der Waals surface area contributed by atoms with Gasteiger partial charge in [-0.05, 0) is 55.5 Å². The zero-order chi connectivity index (χ0) is 21.2. The minimum atomic E-state index is -3.78. The molecule has 0 aliphatic rings. The van der Waals surface area contributed by atoms with Crippen LogP contribution in [-0.4, -0.2) is 34.3 Å². The number of carbonyl (C=O) groups excluding carboxylic acids is 1. The number of aromatic nitrogens is 3. The van der Waals surface area contributed by atoms with Gasteiger partial charge in [0, 0.05) is 23.3 Å². The molecule has 3 aromatic rings. The van der Waals surface area contributed by atoms with Crippen molar-refractivity contribution in [2.75, 3.05) is 5.32 Å². The molecular formula is C18H18ClN5O3S2. The van der Waals surface area contributed by atoms with Gasteiger partial charge in [0.25, 0.3) is 0 Å². The summed E-state index contributed by atoms with van der Waals surface area (Å²) in [5.41, 5.74) is 1.33. The van der Waals surface area contributed by atoms with Crippen molar-refractivity contribution >= 4 is 45.0 Å². The molecule has 0 fully saturated rings. The first-order valence-electron chi connectivity index (χ1n) is 8.41. The number of hydrogen-bond acceptors (Lipinski definition) is 6. The molecule has 0 saturated heterocycles. The average molecular weight is 452 g/mol. The first kappa shape index (κ1) is 21.3. The molecule has 8 nitrogen and oxygen atoms in total. The van der Waals surface area contributed by atoms with E-state index in [1.165, 1.54) is 36.0 Å². The molecule has 0 saturated carbocycles. The Hall–Kier alpha value is -2.40. The molecule has 29 heavy (non-hydrogen) atoms. The lowest BCUT2D eigenvalue weighted by atomic mass is 10.2. The molecule has 2 aromatic carbocycles. The van der Waals surface area contributed by atoms with Crippen molar-refractivity contribution in [3.8, 4) is 11.4 Å². The normalized spacial score (nSPS) is 12.6. The maximum atomic E-state index is 12.5. The smallest absolute Gasteiger partial charge is 0.238 e. The number of halogens is 1. The molecule has 1 atom stereocenters. The third kappa shape index (κ3) is 5.15. The highest BCUT2D eigenvalue weighted by Crippen LogP contribution is 2.27. The zero-order valence-electron chi connectivity index (χ0n) is 15.5. The Morgan fingerprint density at radius 2 is 1.76 bits per heavy atom. The van der Waals surface area contributed by atoms with Crippen molar-refractivity contribution in [2.45, 2.75) is 22.2 Å². The second kappa shape index (κ2) is 8.54. The van der Waals surface area contributed by atoms with Crippen molar-refractivity contribution in [2.24, 2.45) is 12.2 Å². The van der Waals surface area contributed by atoms with Crippen molar-refractivity contribution in [3.05, 3.63) is 53.6 Å². The summed E-state index contributed by atoms with van der Waals surface area (Å²) in [6.07, 6.45) is 0. The van der Waals surface area contributed by atoms with E-state index in [1.807, 2.05) is 19.2 Å². The highest BCUT2D eigenvalue weighted by molar-refractivity contribution is 8.00. The number of carbonyl (C=O) groups is 1. The largest absolute Gasteiger partial charge is 0.325 e. The predicted octanol–water partition coefficient (Wildman–Crippen LogP) is 2.90. The Labute approximate surface area is 177 Å². The van der Waals surface area contributed by atoms with E-state index < -0.39 is 15.3 Å². The second-order valence-corrected chi connectivity index (χ2v) is 9.50. The average Bonchev–Trinajstić information content (AvgIpc) is 3.02. The van der Waals surface area contributed by atoms with Crippen LogP contribution in [0.2, 0.25) is 5.02 Å². The van der Waals surface area contributed by atoms with Crippen molar-refractivity contribution in [1.29, 1.82) is 0 Å². The number of rotatable bonds is 6. The Morgan fingerprint density at radius 1 is 1.14 bits per heavy atom. The maximum absolute atomic E-state index is 12.5. The van der Waals surface area contributed by atoms with Gasteiger partial charge in [-0.2, -0.15) is 0 Å². The van der Waals surface area contributed by atoms with Crippen molar-refractivity contribution in [1.82, 2.24) is 14.8 Å².